The van der Waals surface area contributed by atoms with Crippen molar-refractivity contribution >= 4 is 23.1 Å². The van der Waals surface area contributed by atoms with E-state index in [9.17, 15) is 14.7 Å². The molecule has 0 bridgehead atoms. The van der Waals surface area contributed by atoms with E-state index in [0.29, 0.717) is 17.9 Å². The molecule has 0 unspecified atom stereocenters. The van der Waals surface area contributed by atoms with Gasteiger partial charge in [0.25, 0.3) is 5.56 Å². The number of benzene rings is 1. The van der Waals surface area contributed by atoms with Crippen LogP contribution in [0.1, 0.15) is 12.0 Å². The van der Waals surface area contributed by atoms with Crippen LogP contribution in [0.3, 0.4) is 0 Å². The topological polar surface area (TPSA) is 101 Å². The third-order valence-electron chi connectivity index (χ3n) is 5.26. The summed E-state index contributed by atoms with van der Waals surface area (Å²) in [6, 6.07) is 10.4. The smallest absolute Gasteiger partial charge is 0.411 e. The largest absolute Gasteiger partial charge is 0.465 e. The van der Waals surface area contributed by atoms with Crippen molar-refractivity contribution in [1.29, 1.82) is 0 Å². The number of amides is 1. The zero-order valence-corrected chi connectivity index (χ0v) is 18.4. The van der Waals surface area contributed by atoms with Gasteiger partial charge >= 0.3 is 6.09 Å². The number of thiazole rings is 1. The minimum absolute atomic E-state index is 0.226. The molecule has 1 aliphatic heterocycles. The number of carbonyl (C=O) groups is 1. The van der Waals surface area contributed by atoms with Crippen LogP contribution >= 0.6 is 11.3 Å². The van der Waals surface area contributed by atoms with E-state index in [2.05, 4.69) is 15.0 Å². The Balaban J connectivity index is 1.46. The first-order chi connectivity index (χ1) is 15.6. The van der Waals surface area contributed by atoms with Crippen molar-refractivity contribution in [2.45, 2.75) is 13.0 Å². The Hall–Kier alpha value is -3.08. The van der Waals surface area contributed by atoms with Crippen molar-refractivity contribution in [2.24, 2.45) is 0 Å². The predicted molar refractivity (Wildman–Crippen MR) is 122 cm³/mol. The predicted octanol–water partition coefficient (Wildman–Crippen LogP) is 2.62. The fraction of sp³-hybridized carbons (Fsp3) is 0.364. The summed E-state index contributed by atoms with van der Waals surface area (Å²) in [6.45, 7) is 4.68. The minimum Gasteiger partial charge on any atom is -0.465 e. The molecular weight excluding hydrogens is 430 g/mol. The lowest BCUT2D eigenvalue weighted by atomic mass is 10.2. The standard InChI is InChI=1S/C22H25N5O4S/c28-20-6-5-19(21-23-7-14-32-21)24-27(20)16-17-3-1-4-18(15-17)26(22(29)30)9-2-8-25-10-12-31-13-11-25/h1,3-7,14-15H,2,8-13,16H2,(H,29,30). The molecule has 1 aliphatic rings. The summed E-state index contributed by atoms with van der Waals surface area (Å²) >= 11 is 1.45. The zero-order chi connectivity index (χ0) is 22.3. The van der Waals surface area contributed by atoms with Gasteiger partial charge in [0.15, 0.2) is 0 Å². The van der Waals surface area contributed by atoms with Crippen LogP contribution in [0.5, 0.6) is 0 Å². The average molecular weight is 456 g/mol. The van der Waals surface area contributed by atoms with Gasteiger partial charge in [0, 0.05) is 49.5 Å². The molecule has 1 saturated heterocycles. The first-order valence-corrected chi connectivity index (χ1v) is 11.4. The van der Waals surface area contributed by atoms with Crippen LogP contribution in [-0.4, -0.2) is 70.3 Å². The Morgan fingerprint density at radius 1 is 1.22 bits per heavy atom. The van der Waals surface area contributed by atoms with Crippen LogP contribution in [0.2, 0.25) is 0 Å². The number of morpholine rings is 1. The number of ether oxygens (including phenoxy) is 1. The van der Waals surface area contributed by atoms with Gasteiger partial charge < -0.3 is 9.84 Å². The maximum Gasteiger partial charge on any atom is 0.411 e. The van der Waals surface area contributed by atoms with Crippen LogP contribution in [0, 0.1) is 0 Å². The molecule has 0 aliphatic carbocycles. The molecule has 3 aromatic rings. The number of nitrogens with zero attached hydrogens (tertiary/aromatic N) is 5. The van der Waals surface area contributed by atoms with Crippen LogP contribution in [0.4, 0.5) is 10.5 Å². The average Bonchev–Trinajstić information content (AvgIpc) is 3.34. The van der Waals surface area contributed by atoms with Crippen molar-refractivity contribution in [2.75, 3.05) is 44.3 Å². The van der Waals surface area contributed by atoms with E-state index in [1.165, 1.54) is 27.0 Å². The molecule has 2 aromatic heterocycles. The van der Waals surface area contributed by atoms with Crippen LogP contribution < -0.4 is 10.5 Å². The number of carboxylic acid groups (broad SMARTS) is 1. The fourth-order valence-electron chi connectivity index (χ4n) is 3.63. The summed E-state index contributed by atoms with van der Waals surface area (Å²) in [5.74, 6) is 0. The number of rotatable bonds is 8. The molecule has 0 atom stereocenters. The third-order valence-corrected chi connectivity index (χ3v) is 6.06. The molecule has 32 heavy (non-hydrogen) atoms. The van der Waals surface area contributed by atoms with E-state index >= 15 is 0 Å². The molecule has 4 rings (SSSR count). The number of hydrogen-bond acceptors (Lipinski definition) is 7. The maximum absolute atomic E-state index is 12.3. The highest BCUT2D eigenvalue weighted by Crippen LogP contribution is 2.20. The highest BCUT2D eigenvalue weighted by Gasteiger charge is 2.16. The third kappa shape index (κ3) is 5.58. The van der Waals surface area contributed by atoms with Gasteiger partial charge in [-0.05, 0) is 30.2 Å². The molecule has 1 aromatic carbocycles. The molecule has 0 saturated carbocycles. The van der Waals surface area contributed by atoms with E-state index in [1.54, 1.807) is 30.5 Å². The molecule has 1 amide bonds. The molecule has 0 radical (unpaired) electrons. The summed E-state index contributed by atoms with van der Waals surface area (Å²) in [4.78, 5) is 32.1. The minimum atomic E-state index is -0.995. The molecular formula is C22H25N5O4S. The molecule has 1 fully saturated rings. The van der Waals surface area contributed by atoms with Crippen LogP contribution in [-0.2, 0) is 11.3 Å². The van der Waals surface area contributed by atoms with Gasteiger partial charge in [-0.3, -0.25) is 14.6 Å². The number of anilines is 1. The summed E-state index contributed by atoms with van der Waals surface area (Å²) in [6.07, 6.45) is 1.43. The molecule has 3 heterocycles. The lowest BCUT2D eigenvalue weighted by Gasteiger charge is -2.27. The second-order valence-corrected chi connectivity index (χ2v) is 8.36. The molecule has 168 valence electrons. The van der Waals surface area contributed by atoms with Gasteiger partial charge in [0.2, 0.25) is 0 Å². The SMILES string of the molecule is O=C(O)N(CCCN1CCOCC1)c1cccc(Cn2nc(-c3nccs3)ccc2=O)c1. The van der Waals surface area contributed by atoms with Gasteiger partial charge in [-0.15, -0.1) is 11.3 Å². The molecule has 0 spiro atoms. The van der Waals surface area contributed by atoms with Crippen molar-refractivity contribution in [3.05, 3.63) is 63.9 Å². The highest BCUT2D eigenvalue weighted by molar-refractivity contribution is 7.13. The monoisotopic (exact) mass is 455 g/mol. The zero-order valence-electron chi connectivity index (χ0n) is 17.6. The van der Waals surface area contributed by atoms with Gasteiger partial charge in [-0.2, -0.15) is 5.10 Å². The summed E-state index contributed by atoms with van der Waals surface area (Å²) in [5.41, 5.74) is 1.79. The molecule has 10 heteroatoms. The van der Waals surface area contributed by atoms with Crippen molar-refractivity contribution < 1.29 is 14.6 Å². The molecule has 1 N–H and O–H groups in total. The van der Waals surface area contributed by atoms with Gasteiger partial charge in [0.05, 0.1) is 19.8 Å². The van der Waals surface area contributed by atoms with Crippen LogP contribution in [0.25, 0.3) is 10.7 Å². The fourth-order valence-corrected chi connectivity index (χ4v) is 4.24. The summed E-state index contributed by atoms with van der Waals surface area (Å²) < 4.78 is 6.73. The lowest BCUT2D eigenvalue weighted by Crippen LogP contribution is -2.39. The second-order valence-electron chi connectivity index (χ2n) is 7.46. The molecule has 9 nitrogen and oxygen atoms in total. The van der Waals surface area contributed by atoms with Crippen molar-refractivity contribution in [3.63, 3.8) is 0 Å². The van der Waals surface area contributed by atoms with E-state index in [1.807, 2.05) is 11.4 Å². The van der Waals surface area contributed by atoms with Crippen LogP contribution in [0.15, 0.2) is 52.8 Å². The maximum atomic E-state index is 12.3. The van der Waals surface area contributed by atoms with E-state index in [-0.39, 0.29) is 12.1 Å². The number of aromatic nitrogens is 3. The lowest BCUT2D eigenvalue weighted by molar-refractivity contribution is 0.0376. The first kappa shape index (κ1) is 22.1. The Labute approximate surface area is 189 Å². The van der Waals surface area contributed by atoms with Gasteiger partial charge in [-0.1, -0.05) is 12.1 Å². The quantitative estimate of drug-likeness (QED) is 0.557. The highest BCUT2D eigenvalue weighted by atomic mass is 32.1. The van der Waals surface area contributed by atoms with Crippen molar-refractivity contribution in [3.8, 4) is 10.7 Å². The van der Waals surface area contributed by atoms with E-state index in [0.717, 1.165) is 49.8 Å². The van der Waals surface area contributed by atoms with Crippen molar-refractivity contribution in [1.82, 2.24) is 19.7 Å². The summed E-state index contributed by atoms with van der Waals surface area (Å²) in [5, 5.41) is 16.8. The van der Waals surface area contributed by atoms with Gasteiger partial charge in [-0.25, -0.2) is 14.5 Å². The Bertz CT molecular complexity index is 1100. The normalized spacial score (nSPS) is 14.4. The van der Waals surface area contributed by atoms with E-state index < -0.39 is 6.09 Å². The Kier molecular flexibility index (Phi) is 7.25. The Morgan fingerprint density at radius 2 is 2.06 bits per heavy atom. The number of hydrogen-bond donors (Lipinski definition) is 1. The van der Waals surface area contributed by atoms with E-state index in [4.69, 9.17) is 4.74 Å². The summed E-state index contributed by atoms with van der Waals surface area (Å²) in [7, 11) is 0. The second kappa shape index (κ2) is 10.5. The first-order valence-electron chi connectivity index (χ1n) is 10.5. The van der Waals surface area contributed by atoms with Gasteiger partial charge in [0.1, 0.15) is 10.7 Å². The Morgan fingerprint density at radius 3 is 2.81 bits per heavy atom.